The number of likely N-dealkylation sites (tertiary alicyclic amines) is 1. The summed E-state index contributed by atoms with van der Waals surface area (Å²) < 4.78 is 27.7. The normalized spacial score (nSPS) is 20.1. The Morgan fingerprint density at radius 3 is 1.83 bits per heavy atom. The Hall–Kier alpha value is -5.60. The van der Waals surface area contributed by atoms with Crippen molar-refractivity contribution in [3.63, 3.8) is 0 Å². The molecule has 0 spiro atoms. The first kappa shape index (κ1) is 48.4. The minimum atomic E-state index is -3.16. The number of anilines is 1. The molecule has 5 rings (SSSR count). The standard InChI is InChI=1S/C41H57F2N11O9/c1-47(30-3-4-34-33(21-30)32(5-6-45-34)40(63)46-24-35(55)54-29-41(42,43)22-31(54)23-44)7-2-8-48-17-19-53(20-18-48)36(56)25-49-9-11-50(26-37(57)58)13-15-52(28-39(61)62)16-14-51(12-10-49)27-38(59)60/h3-6,21,31H,2,7-20,22,24-29H2,1H3,(H,46,63)(H,57,58)(H,59,60)(H,61,62). The number of fused-ring (bicyclic) bond motifs is 1. The zero-order valence-corrected chi connectivity index (χ0v) is 35.5. The van der Waals surface area contributed by atoms with Crippen molar-refractivity contribution >= 4 is 52.2 Å². The highest BCUT2D eigenvalue weighted by Crippen LogP contribution is 2.31. The Balaban J connectivity index is 1.10. The second-order valence-corrected chi connectivity index (χ2v) is 16.3. The minimum absolute atomic E-state index is 0.0713. The number of amides is 3. The van der Waals surface area contributed by atoms with E-state index in [0.29, 0.717) is 82.9 Å². The second-order valence-electron chi connectivity index (χ2n) is 16.3. The van der Waals surface area contributed by atoms with Gasteiger partial charge in [-0.25, -0.2) is 8.78 Å². The van der Waals surface area contributed by atoms with Crippen LogP contribution in [0.5, 0.6) is 0 Å². The van der Waals surface area contributed by atoms with Crippen LogP contribution in [0.25, 0.3) is 10.9 Å². The summed E-state index contributed by atoms with van der Waals surface area (Å²) in [6.45, 7) is 4.32. The molecule has 4 N–H and O–H groups in total. The number of alkyl halides is 2. The number of halogens is 2. The Kier molecular flexibility index (Phi) is 17.4. The molecule has 0 saturated carbocycles. The highest BCUT2D eigenvalue weighted by atomic mass is 19.3. The smallest absolute Gasteiger partial charge is 0.317 e. The molecule has 1 aromatic heterocycles. The molecule has 0 radical (unpaired) electrons. The molecule has 4 heterocycles. The molecule has 3 aliphatic rings. The maximum atomic E-state index is 13.9. The van der Waals surface area contributed by atoms with Crippen LogP contribution in [-0.4, -0.2) is 240 Å². The molecule has 20 nitrogen and oxygen atoms in total. The van der Waals surface area contributed by atoms with E-state index in [1.165, 1.54) is 12.3 Å². The average molecular weight is 886 g/mol. The van der Waals surface area contributed by atoms with Crippen molar-refractivity contribution in [3.05, 3.63) is 36.0 Å². The van der Waals surface area contributed by atoms with Gasteiger partial charge in [0.1, 0.15) is 6.04 Å². The number of carbonyl (C=O) groups is 6. The van der Waals surface area contributed by atoms with Gasteiger partial charge in [-0.05, 0) is 37.2 Å². The summed E-state index contributed by atoms with van der Waals surface area (Å²) >= 11 is 0. The molecule has 3 amide bonds. The number of rotatable bonds is 16. The fraction of sp³-hybridized carbons (Fsp3) is 0.610. The van der Waals surface area contributed by atoms with E-state index in [0.717, 1.165) is 23.6 Å². The van der Waals surface area contributed by atoms with Crippen molar-refractivity contribution in [1.82, 2.24) is 44.6 Å². The molecule has 63 heavy (non-hydrogen) atoms. The number of aliphatic carboxylic acids is 3. The molecule has 1 atom stereocenters. The number of nitrogens with zero attached hydrogens (tertiary/aromatic N) is 10. The summed E-state index contributed by atoms with van der Waals surface area (Å²) in [6.07, 6.45) is 1.53. The van der Waals surface area contributed by atoms with Gasteiger partial charge in [-0.15, -0.1) is 0 Å². The van der Waals surface area contributed by atoms with Crippen LogP contribution in [0.4, 0.5) is 14.5 Å². The number of nitrogens with one attached hydrogen (secondary N) is 1. The monoisotopic (exact) mass is 885 g/mol. The third-order valence-electron chi connectivity index (χ3n) is 11.6. The Bertz CT molecular complexity index is 1970. The van der Waals surface area contributed by atoms with E-state index < -0.39 is 61.2 Å². The molecule has 1 aromatic carbocycles. The number of pyridine rings is 1. The van der Waals surface area contributed by atoms with Crippen LogP contribution in [0.1, 0.15) is 23.2 Å². The first-order valence-electron chi connectivity index (χ1n) is 21.0. The molecule has 2 aromatic rings. The van der Waals surface area contributed by atoms with E-state index in [1.54, 1.807) is 26.8 Å². The Labute approximate surface area is 364 Å². The van der Waals surface area contributed by atoms with Gasteiger partial charge >= 0.3 is 17.9 Å². The number of hydrogen-bond acceptors (Lipinski definition) is 14. The molecule has 1 unspecified atom stereocenters. The van der Waals surface area contributed by atoms with Gasteiger partial charge in [0, 0.05) is 116 Å². The van der Waals surface area contributed by atoms with Crippen molar-refractivity contribution < 1.29 is 52.9 Å². The predicted octanol–water partition coefficient (Wildman–Crippen LogP) is -0.830. The molecule has 3 saturated heterocycles. The highest BCUT2D eigenvalue weighted by molar-refractivity contribution is 6.07. The fourth-order valence-corrected chi connectivity index (χ4v) is 8.07. The van der Waals surface area contributed by atoms with Gasteiger partial charge in [0.2, 0.25) is 11.8 Å². The number of aromatic nitrogens is 1. The zero-order valence-electron chi connectivity index (χ0n) is 35.5. The van der Waals surface area contributed by atoms with Crippen LogP contribution >= 0.6 is 0 Å². The van der Waals surface area contributed by atoms with E-state index in [2.05, 4.69) is 15.2 Å². The van der Waals surface area contributed by atoms with Gasteiger partial charge in [-0.3, -0.25) is 58.3 Å². The largest absolute Gasteiger partial charge is 0.480 e. The molecular weight excluding hydrogens is 829 g/mol. The SMILES string of the molecule is CN(CCCN1CCN(C(=O)CN2CCN(CC(=O)O)CCN(CC(=O)O)CCN(CC(=O)O)CC2)CC1)c1ccc2nccc(C(=O)NCC(=O)N3CC(F)(F)CC3C#N)c2c1. The van der Waals surface area contributed by atoms with Gasteiger partial charge in [0.15, 0.2) is 0 Å². The van der Waals surface area contributed by atoms with E-state index >= 15 is 0 Å². The molecule has 0 aliphatic carbocycles. The summed E-state index contributed by atoms with van der Waals surface area (Å²) in [4.78, 5) is 92.6. The lowest BCUT2D eigenvalue weighted by Gasteiger charge is -2.37. The van der Waals surface area contributed by atoms with Crippen molar-refractivity contribution in [2.75, 3.05) is 143 Å². The lowest BCUT2D eigenvalue weighted by Crippen LogP contribution is -2.53. The van der Waals surface area contributed by atoms with Gasteiger partial charge in [0.25, 0.3) is 11.8 Å². The molecule has 0 bridgehead atoms. The molecule has 22 heteroatoms. The summed E-state index contributed by atoms with van der Waals surface area (Å²) in [5.74, 6) is -7.65. The van der Waals surface area contributed by atoms with Gasteiger partial charge < -0.3 is 35.3 Å². The van der Waals surface area contributed by atoms with Gasteiger partial charge in [-0.2, -0.15) is 5.26 Å². The van der Waals surface area contributed by atoms with Crippen molar-refractivity contribution in [3.8, 4) is 6.07 Å². The number of piperazine rings is 1. The zero-order chi connectivity index (χ0) is 45.7. The van der Waals surface area contributed by atoms with Crippen LogP contribution in [0.3, 0.4) is 0 Å². The van der Waals surface area contributed by atoms with Crippen LogP contribution in [0.15, 0.2) is 30.5 Å². The number of carboxylic acids is 3. The lowest BCUT2D eigenvalue weighted by atomic mass is 10.1. The van der Waals surface area contributed by atoms with Crippen molar-refractivity contribution in [2.45, 2.75) is 24.8 Å². The van der Waals surface area contributed by atoms with E-state index in [-0.39, 0.29) is 50.7 Å². The van der Waals surface area contributed by atoms with Gasteiger partial charge in [0.05, 0.1) is 56.4 Å². The minimum Gasteiger partial charge on any atom is -0.480 e. The maximum Gasteiger partial charge on any atom is 0.317 e. The first-order chi connectivity index (χ1) is 30.0. The van der Waals surface area contributed by atoms with Crippen LogP contribution in [0.2, 0.25) is 0 Å². The van der Waals surface area contributed by atoms with Crippen LogP contribution < -0.4 is 10.2 Å². The fourth-order valence-electron chi connectivity index (χ4n) is 8.07. The van der Waals surface area contributed by atoms with E-state index in [4.69, 9.17) is 0 Å². The van der Waals surface area contributed by atoms with Gasteiger partial charge in [-0.1, -0.05) is 0 Å². The molecule has 344 valence electrons. The van der Waals surface area contributed by atoms with E-state index in [9.17, 15) is 58.1 Å². The summed E-state index contributed by atoms with van der Waals surface area (Å²) in [7, 11) is 1.93. The van der Waals surface area contributed by atoms with E-state index in [1.807, 2.05) is 33.9 Å². The van der Waals surface area contributed by atoms with Crippen LogP contribution in [0, 0.1) is 11.3 Å². The number of hydrogen-bond donors (Lipinski definition) is 4. The molecule has 3 aliphatic heterocycles. The second kappa shape index (κ2) is 22.7. The summed E-state index contributed by atoms with van der Waals surface area (Å²) in [5, 5.41) is 40.7. The van der Waals surface area contributed by atoms with Crippen LogP contribution in [-0.2, 0) is 24.0 Å². The highest BCUT2D eigenvalue weighted by Gasteiger charge is 2.47. The van der Waals surface area contributed by atoms with Crippen molar-refractivity contribution in [1.29, 1.82) is 5.26 Å². The third-order valence-corrected chi connectivity index (χ3v) is 11.6. The number of carbonyl (C=O) groups excluding carboxylic acids is 3. The topological polar surface area (TPSA) is 238 Å². The Morgan fingerprint density at radius 2 is 1.30 bits per heavy atom. The third kappa shape index (κ3) is 14.7. The number of benzene rings is 1. The Morgan fingerprint density at radius 1 is 0.778 bits per heavy atom. The molecule has 3 fully saturated rings. The average Bonchev–Trinajstić information content (AvgIpc) is 3.57. The summed E-state index contributed by atoms with van der Waals surface area (Å²) in [6, 6.07) is 7.50. The number of nitriles is 1. The predicted molar refractivity (Wildman–Crippen MR) is 224 cm³/mol. The number of carboxylic acid groups (broad SMARTS) is 3. The maximum absolute atomic E-state index is 13.9. The summed E-state index contributed by atoms with van der Waals surface area (Å²) in [5.41, 5.74) is 1.64. The lowest BCUT2D eigenvalue weighted by molar-refractivity contribution is -0.141. The quantitative estimate of drug-likeness (QED) is 0.161. The first-order valence-corrected chi connectivity index (χ1v) is 21.0. The molecular formula is C41H57F2N11O9. The van der Waals surface area contributed by atoms with Crippen molar-refractivity contribution in [2.24, 2.45) is 0 Å².